The first-order chi connectivity index (χ1) is 9.51. The first-order valence-corrected chi connectivity index (χ1v) is 7.22. The number of aryl methyl sites for hydroxylation is 2. The van der Waals surface area contributed by atoms with Gasteiger partial charge in [-0.3, -0.25) is 4.98 Å². The van der Waals surface area contributed by atoms with Crippen LogP contribution in [0.3, 0.4) is 0 Å². The third kappa shape index (κ3) is 3.19. The summed E-state index contributed by atoms with van der Waals surface area (Å²) >= 11 is 1.63. The Balaban J connectivity index is 2.14. The van der Waals surface area contributed by atoms with Crippen LogP contribution in [0.25, 0.3) is 0 Å². The molecule has 5 nitrogen and oxygen atoms in total. The normalized spacial score (nSPS) is 10.4. The van der Waals surface area contributed by atoms with Gasteiger partial charge < -0.3 is 15.0 Å². The van der Waals surface area contributed by atoms with E-state index in [1.165, 1.54) is 0 Å². The molecule has 0 fully saturated rings. The van der Waals surface area contributed by atoms with E-state index >= 15 is 0 Å². The van der Waals surface area contributed by atoms with E-state index in [-0.39, 0.29) is 0 Å². The number of pyridine rings is 1. The van der Waals surface area contributed by atoms with Crippen LogP contribution in [0.15, 0.2) is 12.1 Å². The number of rotatable bonds is 5. The van der Waals surface area contributed by atoms with Gasteiger partial charge in [-0.1, -0.05) is 11.3 Å². The van der Waals surface area contributed by atoms with Gasteiger partial charge in [0, 0.05) is 19.8 Å². The Labute approximate surface area is 123 Å². The van der Waals surface area contributed by atoms with E-state index in [1.807, 2.05) is 38.9 Å². The van der Waals surface area contributed by atoms with Crippen molar-refractivity contribution in [2.45, 2.75) is 20.4 Å². The summed E-state index contributed by atoms with van der Waals surface area (Å²) in [5.41, 5.74) is 3.07. The van der Waals surface area contributed by atoms with E-state index in [2.05, 4.69) is 21.4 Å². The summed E-state index contributed by atoms with van der Waals surface area (Å²) in [6.45, 7) is 4.68. The summed E-state index contributed by atoms with van der Waals surface area (Å²) < 4.78 is 5.33. The Kier molecular flexibility index (Phi) is 4.44. The van der Waals surface area contributed by atoms with E-state index in [9.17, 15) is 0 Å². The van der Waals surface area contributed by atoms with Gasteiger partial charge in [-0.15, -0.1) is 0 Å². The lowest BCUT2D eigenvalue weighted by Crippen LogP contribution is -2.07. The minimum Gasteiger partial charge on any atom is -0.480 e. The molecule has 0 aromatic carbocycles. The summed E-state index contributed by atoms with van der Waals surface area (Å²) in [6.07, 6.45) is 0. The first kappa shape index (κ1) is 14.6. The predicted octanol–water partition coefficient (Wildman–Crippen LogP) is 2.84. The number of nitrogens with zero attached hydrogens (tertiary/aromatic N) is 3. The first-order valence-electron chi connectivity index (χ1n) is 6.40. The molecule has 2 aromatic rings. The number of hydrogen-bond donors (Lipinski definition) is 1. The lowest BCUT2D eigenvalue weighted by Gasteiger charge is -2.09. The number of methoxy groups -OCH3 is 1. The molecule has 0 saturated heterocycles. The van der Waals surface area contributed by atoms with E-state index in [0.29, 0.717) is 12.4 Å². The van der Waals surface area contributed by atoms with Crippen molar-refractivity contribution >= 4 is 22.2 Å². The number of anilines is 2. The smallest absolute Gasteiger partial charge is 0.231 e. The zero-order chi connectivity index (χ0) is 14.7. The highest BCUT2D eigenvalue weighted by molar-refractivity contribution is 7.15. The third-order valence-corrected chi connectivity index (χ3v) is 4.09. The topological polar surface area (TPSA) is 50.3 Å². The number of ether oxygens (including phenoxy) is 1. The predicted molar refractivity (Wildman–Crippen MR) is 84.0 cm³/mol. The van der Waals surface area contributed by atoms with Gasteiger partial charge in [-0.2, -0.15) is 4.98 Å². The van der Waals surface area contributed by atoms with Crippen molar-refractivity contribution in [2.24, 2.45) is 0 Å². The molecule has 1 N–H and O–H groups in total. The maximum absolute atomic E-state index is 5.33. The highest BCUT2D eigenvalue weighted by Crippen LogP contribution is 2.31. The van der Waals surface area contributed by atoms with E-state index in [1.54, 1.807) is 18.4 Å². The molecule has 0 aliphatic rings. The second-order valence-electron chi connectivity index (χ2n) is 4.76. The van der Waals surface area contributed by atoms with Gasteiger partial charge in [0.15, 0.2) is 5.13 Å². The van der Waals surface area contributed by atoms with Crippen molar-refractivity contribution in [1.29, 1.82) is 0 Å². The number of thiazole rings is 1. The molecule has 2 rings (SSSR count). The van der Waals surface area contributed by atoms with Gasteiger partial charge in [0.25, 0.3) is 0 Å². The Hall–Kier alpha value is -1.82. The molecule has 6 heteroatoms. The summed E-state index contributed by atoms with van der Waals surface area (Å²) in [6, 6.07) is 4.06. The van der Waals surface area contributed by atoms with Crippen molar-refractivity contribution in [3.05, 3.63) is 28.4 Å². The van der Waals surface area contributed by atoms with Crippen molar-refractivity contribution in [2.75, 3.05) is 31.4 Å². The van der Waals surface area contributed by atoms with Crippen LogP contribution in [0, 0.1) is 13.8 Å². The molecule has 0 aliphatic heterocycles. The summed E-state index contributed by atoms with van der Waals surface area (Å²) in [5, 5.41) is 4.33. The zero-order valence-electron chi connectivity index (χ0n) is 12.5. The Bertz CT molecular complexity index is 595. The highest BCUT2D eigenvalue weighted by atomic mass is 32.1. The fraction of sp³-hybridized carbons (Fsp3) is 0.429. The summed E-state index contributed by atoms with van der Waals surface area (Å²) in [4.78, 5) is 12.0. The van der Waals surface area contributed by atoms with Gasteiger partial charge in [-0.05, 0) is 26.0 Å². The van der Waals surface area contributed by atoms with E-state index < -0.39 is 0 Å². The van der Waals surface area contributed by atoms with Crippen LogP contribution in [-0.4, -0.2) is 31.2 Å². The lowest BCUT2D eigenvalue weighted by atomic mass is 10.2. The molecule has 0 spiro atoms. The van der Waals surface area contributed by atoms with Crippen LogP contribution in [-0.2, 0) is 6.54 Å². The van der Waals surface area contributed by atoms with Crippen molar-refractivity contribution < 1.29 is 4.74 Å². The van der Waals surface area contributed by atoms with E-state index in [0.717, 1.165) is 27.1 Å². The number of nitrogens with one attached hydrogen (secondary N) is 1. The van der Waals surface area contributed by atoms with E-state index in [4.69, 9.17) is 4.74 Å². The van der Waals surface area contributed by atoms with Crippen LogP contribution in [0.4, 0.5) is 10.8 Å². The minimum absolute atomic E-state index is 0.681. The number of hydrogen-bond acceptors (Lipinski definition) is 6. The maximum Gasteiger partial charge on any atom is 0.231 e. The van der Waals surface area contributed by atoms with Gasteiger partial charge in [0.1, 0.15) is 0 Å². The van der Waals surface area contributed by atoms with Crippen LogP contribution < -0.4 is 15.0 Å². The van der Waals surface area contributed by atoms with Crippen LogP contribution in [0.5, 0.6) is 5.88 Å². The Morgan fingerprint density at radius 1 is 1.25 bits per heavy atom. The molecule has 2 aromatic heterocycles. The molecular formula is C14H20N4OS. The largest absolute Gasteiger partial charge is 0.480 e. The Morgan fingerprint density at radius 3 is 2.60 bits per heavy atom. The minimum atomic E-state index is 0.681. The van der Waals surface area contributed by atoms with Crippen LogP contribution in [0.2, 0.25) is 0 Å². The molecule has 0 saturated carbocycles. The SMILES string of the molecule is COc1nc(N(C)C)sc1CNc1ccc(C)nc1C. The zero-order valence-corrected chi connectivity index (χ0v) is 13.3. The molecule has 0 amide bonds. The molecule has 108 valence electrons. The molecule has 0 unspecified atom stereocenters. The molecule has 0 radical (unpaired) electrons. The second-order valence-corrected chi connectivity index (χ2v) is 5.82. The van der Waals surface area contributed by atoms with Gasteiger partial charge in [0.2, 0.25) is 5.88 Å². The highest BCUT2D eigenvalue weighted by Gasteiger charge is 2.13. The lowest BCUT2D eigenvalue weighted by molar-refractivity contribution is 0.397. The van der Waals surface area contributed by atoms with Crippen molar-refractivity contribution in [1.82, 2.24) is 9.97 Å². The monoisotopic (exact) mass is 292 g/mol. The Morgan fingerprint density at radius 2 is 2.00 bits per heavy atom. The standard InChI is InChI=1S/C14H20N4OS/c1-9-6-7-11(10(2)16-9)15-8-12-13(19-5)17-14(20-12)18(3)4/h6-7,15H,8H2,1-5H3. The molecule has 0 aliphatic carbocycles. The summed E-state index contributed by atoms with van der Waals surface area (Å²) in [5.74, 6) is 0.684. The van der Waals surface area contributed by atoms with Crippen molar-refractivity contribution in [3.63, 3.8) is 0 Å². The molecule has 20 heavy (non-hydrogen) atoms. The third-order valence-electron chi connectivity index (χ3n) is 2.89. The van der Waals surface area contributed by atoms with Crippen molar-refractivity contribution in [3.8, 4) is 5.88 Å². The maximum atomic E-state index is 5.33. The van der Waals surface area contributed by atoms with Crippen LogP contribution >= 0.6 is 11.3 Å². The van der Waals surface area contributed by atoms with Crippen LogP contribution in [0.1, 0.15) is 16.3 Å². The fourth-order valence-electron chi connectivity index (χ4n) is 1.84. The molecule has 0 atom stereocenters. The van der Waals surface area contributed by atoms with Gasteiger partial charge in [-0.25, -0.2) is 0 Å². The molecular weight excluding hydrogens is 272 g/mol. The number of aromatic nitrogens is 2. The molecule has 0 bridgehead atoms. The second kappa shape index (κ2) is 6.09. The fourth-order valence-corrected chi connectivity index (χ4v) is 2.73. The summed E-state index contributed by atoms with van der Waals surface area (Å²) in [7, 11) is 5.60. The molecule has 2 heterocycles. The average molecular weight is 292 g/mol. The quantitative estimate of drug-likeness (QED) is 0.918. The van der Waals surface area contributed by atoms with Gasteiger partial charge in [0.05, 0.1) is 29.9 Å². The average Bonchev–Trinajstić information content (AvgIpc) is 2.81. The van der Waals surface area contributed by atoms with Gasteiger partial charge >= 0.3 is 0 Å².